The first-order chi connectivity index (χ1) is 6.43. The van der Waals surface area contributed by atoms with Gasteiger partial charge in [0.1, 0.15) is 12.1 Å². The molecule has 0 radical (unpaired) electrons. The van der Waals surface area contributed by atoms with Crippen LogP contribution in [0.5, 0.6) is 0 Å². The van der Waals surface area contributed by atoms with Crippen molar-refractivity contribution >= 4 is 0 Å². The summed E-state index contributed by atoms with van der Waals surface area (Å²) in [6.07, 6.45) is 5.26. The first kappa shape index (κ1) is 13.6. The Bertz CT molecular complexity index is 173. The molecule has 0 fully saturated rings. The van der Waals surface area contributed by atoms with Crippen LogP contribution in [0.25, 0.3) is 0 Å². The lowest BCUT2D eigenvalue weighted by Crippen LogP contribution is -2.53. The summed E-state index contributed by atoms with van der Waals surface area (Å²) in [5.74, 6) is 0. The van der Waals surface area contributed by atoms with Gasteiger partial charge in [-0.2, -0.15) is 0 Å². The van der Waals surface area contributed by atoms with Crippen LogP contribution in [0.15, 0.2) is 12.2 Å². The number of nitrogens with zero attached hydrogens (tertiary/aromatic N) is 1. The molecule has 0 rings (SSSR count). The predicted molar refractivity (Wildman–Crippen MR) is 59.0 cm³/mol. The predicted octanol–water partition coefficient (Wildman–Crippen LogP) is 0.771. The van der Waals surface area contributed by atoms with Gasteiger partial charge in [0.05, 0.1) is 27.7 Å². The Morgan fingerprint density at radius 1 is 1.29 bits per heavy atom. The topological polar surface area (TPSA) is 40.5 Å². The van der Waals surface area contributed by atoms with Crippen LogP contribution in [0.3, 0.4) is 0 Å². The number of rotatable bonds is 6. The van der Waals surface area contributed by atoms with Gasteiger partial charge < -0.3 is 14.7 Å². The smallest absolute Gasteiger partial charge is 0.142 e. The summed E-state index contributed by atoms with van der Waals surface area (Å²) >= 11 is 0. The van der Waals surface area contributed by atoms with Crippen molar-refractivity contribution in [2.75, 3.05) is 27.7 Å². The Morgan fingerprint density at radius 3 is 2.21 bits per heavy atom. The molecule has 0 unspecified atom stereocenters. The molecule has 0 amide bonds. The summed E-state index contributed by atoms with van der Waals surface area (Å²) in [6.45, 7) is 2.10. The maximum atomic E-state index is 9.81. The van der Waals surface area contributed by atoms with Crippen molar-refractivity contribution in [2.45, 2.75) is 31.9 Å². The number of hydrogen-bond donors (Lipinski definition) is 2. The van der Waals surface area contributed by atoms with Gasteiger partial charge in [-0.25, -0.2) is 0 Å². The summed E-state index contributed by atoms with van der Waals surface area (Å²) in [6, 6.07) is -0.150. The summed E-state index contributed by atoms with van der Waals surface area (Å²) in [5, 5.41) is 19.0. The number of aliphatic hydroxyl groups excluding tert-OH is 2. The van der Waals surface area contributed by atoms with Crippen LogP contribution >= 0.6 is 0 Å². The number of allylic oxidation sites excluding steroid dienone is 1. The van der Waals surface area contributed by atoms with Crippen molar-refractivity contribution in [1.29, 1.82) is 0 Å². The standard InChI is InChI=1S/C11H24NO2/c1-5-6-7-8-11(14)10(9-13)12(2,3)4/h7-8,10-11,13-14H,5-6,9H2,1-4H3/q+1/b8-7+/t10-,11+/m0/s1. The molecule has 0 aliphatic carbocycles. The quantitative estimate of drug-likeness (QED) is 0.493. The van der Waals surface area contributed by atoms with Crippen LogP contribution in [0.2, 0.25) is 0 Å². The molecule has 0 aliphatic heterocycles. The second-order valence-electron chi connectivity index (χ2n) is 4.57. The fraction of sp³-hybridized carbons (Fsp3) is 0.818. The molecule has 2 atom stereocenters. The lowest BCUT2D eigenvalue weighted by Gasteiger charge is -2.34. The van der Waals surface area contributed by atoms with Crippen molar-refractivity contribution in [2.24, 2.45) is 0 Å². The van der Waals surface area contributed by atoms with E-state index >= 15 is 0 Å². The van der Waals surface area contributed by atoms with E-state index in [4.69, 9.17) is 0 Å². The molecule has 2 N–H and O–H groups in total. The second kappa shape index (κ2) is 6.17. The largest absolute Gasteiger partial charge is 0.390 e. The zero-order valence-electron chi connectivity index (χ0n) is 9.77. The highest BCUT2D eigenvalue weighted by atomic mass is 16.3. The summed E-state index contributed by atoms with van der Waals surface area (Å²) in [4.78, 5) is 0. The Hall–Kier alpha value is -0.380. The third-order valence-corrected chi connectivity index (χ3v) is 2.36. The molecule has 0 aromatic carbocycles. The van der Waals surface area contributed by atoms with Gasteiger partial charge in [-0.15, -0.1) is 0 Å². The molecule has 0 heterocycles. The normalized spacial score (nSPS) is 17.3. The zero-order chi connectivity index (χ0) is 11.2. The van der Waals surface area contributed by atoms with E-state index in [-0.39, 0.29) is 12.6 Å². The minimum absolute atomic E-state index is 0.00112. The van der Waals surface area contributed by atoms with E-state index in [1.807, 2.05) is 27.2 Å². The molecule has 84 valence electrons. The number of unbranched alkanes of at least 4 members (excludes halogenated alkanes) is 1. The van der Waals surface area contributed by atoms with Crippen molar-refractivity contribution in [3.05, 3.63) is 12.2 Å². The van der Waals surface area contributed by atoms with Crippen molar-refractivity contribution < 1.29 is 14.7 Å². The molecular weight excluding hydrogens is 178 g/mol. The highest BCUT2D eigenvalue weighted by molar-refractivity contribution is 4.92. The molecule has 0 aliphatic rings. The van der Waals surface area contributed by atoms with Gasteiger partial charge in [0, 0.05) is 0 Å². The van der Waals surface area contributed by atoms with E-state index < -0.39 is 6.10 Å². The number of likely N-dealkylation sites (N-methyl/N-ethyl adjacent to an activating group) is 1. The van der Waals surface area contributed by atoms with Crippen LogP contribution in [-0.2, 0) is 0 Å². The zero-order valence-corrected chi connectivity index (χ0v) is 9.77. The monoisotopic (exact) mass is 202 g/mol. The van der Waals surface area contributed by atoms with Crippen LogP contribution < -0.4 is 0 Å². The highest BCUT2D eigenvalue weighted by Gasteiger charge is 2.28. The van der Waals surface area contributed by atoms with Crippen LogP contribution in [0.1, 0.15) is 19.8 Å². The van der Waals surface area contributed by atoms with Crippen LogP contribution in [0, 0.1) is 0 Å². The van der Waals surface area contributed by atoms with Crippen LogP contribution in [-0.4, -0.2) is 54.6 Å². The molecule has 0 saturated carbocycles. The van der Waals surface area contributed by atoms with Gasteiger partial charge in [-0.1, -0.05) is 25.5 Å². The molecule has 0 aromatic heterocycles. The summed E-state index contributed by atoms with van der Waals surface area (Å²) in [7, 11) is 5.91. The van der Waals surface area contributed by atoms with Crippen LogP contribution in [0.4, 0.5) is 0 Å². The average molecular weight is 202 g/mol. The summed E-state index contributed by atoms with van der Waals surface area (Å²) in [5.41, 5.74) is 0. The Labute approximate surface area is 87.3 Å². The molecular formula is C11H24NO2+. The number of hydrogen-bond acceptors (Lipinski definition) is 2. The van der Waals surface area contributed by atoms with Crippen molar-refractivity contribution in [3.63, 3.8) is 0 Å². The fourth-order valence-electron chi connectivity index (χ4n) is 1.34. The van der Waals surface area contributed by atoms with Crippen molar-refractivity contribution in [3.8, 4) is 0 Å². The van der Waals surface area contributed by atoms with E-state index in [1.54, 1.807) is 6.08 Å². The number of quaternary nitrogens is 1. The molecule has 0 saturated heterocycles. The lowest BCUT2D eigenvalue weighted by molar-refractivity contribution is -0.899. The third-order valence-electron chi connectivity index (χ3n) is 2.36. The molecule has 3 heteroatoms. The lowest BCUT2D eigenvalue weighted by atomic mass is 10.1. The van der Waals surface area contributed by atoms with Gasteiger partial charge in [-0.3, -0.25) is 0 Å². The molecule has 0 bridgehead atoms. The Morgan fingerprint density at radius 2 is 1.86 bits per heavy atom. The van der Waals surface area contributed by atoms with E-state index in [2.05, 4.69) is 6.92 Å². The van der Waals surface area contributed by atoms with Gasteiger partial charge in [0.2, 0.25) is 0 Å². The SMILES string of the molecule is CCC/C=C/[C@@H](O)[C@H](CO)[N+](C)(C)C. The molecule has 0 spiro atoms. The van der Waals surface area contributed by atoms with E-state index in [0.717, 1.165) is 12.8 Å². The molecule has 3 nitrogen and oxygen atoms in total. The first-order valence-corrected chi connectivity index (χ1v) is 5.20. The highest BCUT2D eigenvalue weighted by Crippen LogP contribution is 2.09. The first-order valence-electron chi connectivity index (χ1n) is 5.20. The maximum Gasteiger partial charge on any atom is 0.142 e. The second-order valence-corrected chi connectivity index (χ2v) is 4.57. The van der Waals surface area contributed by atoms with Gasteiger partial charge in [-0.05, 0) is 6.42 Å². The van der Waals surface area contributed by atoms with E-state index in [9.17, 15) is 10.2 Å². The Balaban J connectivity index is 4.25. The maximum absolute atomic E-state index is 9.81. The summed E-state index contributed by atoms with van der Waals surface area (Å²) < 4.78 is 0.564. The molecule has 0 aromatic rings. The van der Waals surface area contributed by atoms with Crippen molar-refractivity contribution in [1.82, 2.24) is 0 Å². The molecule has 14 heavy (non-hydrogen) atoms. The van der Waals surface area contributed by atoms with Gasteiger partial charge >= 0.3 is 0 Å². The minimum atomic E-state index is -0.563. The third kappa shape index (κ3) is 4.74. The number of aliphatic hydroxyl groups is 2. The van der Waals surface area contributed by atoms with Gasteiger partial charge in [0.25, 0.3) is 0 Å². The minimum Gasteiger partial charge on any atom is -0.390 e. The Kier molecular flexibility index (Phi) is 6.00. The van der Waals surface area contributed by atoms with Gasteiger partial charge in [0.15, 0.2) is 0 Å². The van der Waals surface area contributed by atoms with E-state index in [1.165, 1.54) is 0 Å². The fourth-order valence-corrected chi connectivity index (χ4v) is 1.34. The average Bonchev–Trinajstić information content (AvgIpc) is 2.03. The van der Waals surface area contributed by atoms with E-state index in [0.29, 0.717) is 4.48 Å².